The molecule has 0 fully saturated rings. The van der Waals surface area contributed by atoms with Gasteiger partial charge >= 0.3 is 0 Å². The van der Waals surface area contributed by atoms with E-state index in [0.29, 0.717) is 5.03 Å². The quantitative estimate of drug-likeness (QED) is 0.562. The molecule has 0 bridgehead atoms. The Morgan fingerprint density at radius 3 is 1.92 bits per heavy atom. The number of hydrogen-bond donors (Lipinski definition) is 0. The molecule has 68 valence electrons. The zero-order valence-electron chi connectivity index (χ0n) is 8.37. The largest absolute Gasteiger partial charge is 0.0950 e. The summed E-state index contributed by atoms with van der Waals surface area (Å²) in [5.74, 6) is 0. The molecule has 0 aliphatic carbocycles. The van der Waals surface area contributed by atoms with Gasteiger partial charge in [0.25, 0.3) is 0 Å². The number of allylic oxidation sites excluding steroid dienone is 4. The van der Waals surface area contributed by atoms with Crippen LogP contribution >= 0.6 is 11.6 Å². The molecule has 1 heteroatoms. The smallest absolute Gasteiger partial charge is 0.0336 e. The predicted molar refractivity (Wildman–Crippen MR) is 57.3 cm³/mol. The van der Waals surface area contributed by atoms with Gasteiger partial charge in [0.1, 0.15) is 0 Å². The third-order valence-electron chi connectivity index (χ3n) is 1.75. The molecule has 0 heterocycles. The molecule has 0 rings (SSSR count). The van der Waals surface area contributed by atoms with E-state index in [0.717, 1.165) is 11.1 Å². The van der Waals surface area contributed by atoms with E-state index in [-0.39, 0.29) is 5.41 Å². The molecule has 0 aromatic carbocycles. The molecular formula is C11H17Cl. The molecule has 0 aliphatic heterocycles. The highest BCUT2D eigenvalue weighted by molar-refractivity contribution is 6.30. The minimum Gasteiger partial charge on any atom is -0.0950 e. The molecular weight excluding hydrogens is 168 g/mol. The molecule has 12 heavy (non-hydrogen) atoms. The molecule has 0 aromatic rings. The fourth-order valence-electron chi connectivity index (χ4n) is 0.914. The van der Waals surface area contributed by atoms with Crippen LogP contribution in [0.25, 0.3) is 0 Å². The first-order valence-electron chi connectivity index (χ1n) is 3.97. The van der Waals surface area contributed by atoms with Crippen LogP contribution < -0.4 is 0 Å². The monoisotopic (exact) mass is 184 g/mol. The Bertz CT molecular complexity index is 226. The molecule has 0 saturated carbocycles. The van der Waals surface area contributed by atoms with Gasteiger partial charge in [0.2, 0.25) is 0 Å². The van der Waals surface area contributed by atoms with E-state index in [1.165, 1.54) is 0 Å². The van der Waals surface area contributed by atoms with E-state index in [1.54, 1.807) is 0 Å². The zero-order chi connectivity index (χ0) is 9.94. The summed E-state index contributed by atoms with van der Waals surface area (Å²) < 4.78 is 0. The topological polar surface area (TPSA) is 0 Å². The normalized spacial score (nSPS) is 12.9. The first kappa shape index (κ1) is 11.5. The number of halogens is 1. The van der Waals surface area contributed by atoms with E-state index in [2.05, 4.69) is 33.9 Å². The van der Waals surface area contributed by atoms with Gasteiger partial charge in [-0.2, -0.15) is 0 Å². The molecule has 0 nitrogen and oxygen atoms in total. The second-order valence-corrected chi connectivity index (χ2v) is 4.49. The van der Waals surface area contributed by atoms with Crippen molar-refractivity contribution in [2.75, 3.05) is 0 Å². The average molecular weight is 185 g/mol. The molecule has 0 spiro atoms. The van der Waals surface area contributed by atoms with Crippen molar-refractivity contribution < 1.29 is 0 Å². The van der Waals surface area contributed by atoms with Crippen LogP contribution in [0.3, 0.4) is 0 Å². The fourth-order valence-corrected chi connectivity index (χ4v) is 1.08. The fraction of sp³-hybridized carbons (Fsp3) is 0.455. The first-order valence-corrected chi connectivity index (χ1v) is 4.35. The third-order valence-corrected chi connectivity index (χ3v) is 1.86. The SMILES string of the molecule is C=C(Cl)/C=C(/C)C(=C)C(C)(C)C. The summed E-state index contributed by atoms with van der Waals surface area (Å²) in [6.07, 6.45) is 1.84. The summed E-state index contributed by atoms with van der Waals surface area (Å²) in [6.45, 7) is 16.0. The van der Waals surface area contributed by atoms with Crippen molar-refractivity contribution in [1.82, 2.24) is 0 Å². The van der Waals surface area contributed by atoms with Crippen molar-refractivity contribution in [2.24, 2.45) is 5.41 Å². The van der Waals surface area contributed by atoms with Gasteiger partial charge in [-0.25, -0.2) is 0 Å². The Kier molecular flexibility index (Phi) is 3.79. The summed E-state index contributed by atoms with van der Waals surface area (Å²) in [4.78, 5) is 0. The lowest BCUT2D eigenvalue weighted by Gasteiger charge is -2.22. The summed E-state index contributed by atoms with van der Waals surface area (Å²) in [7, 11) is 0. The van der Waals surface area contributed by atoms with Gasteiger partial charge in [-0.3, -0.25) is 0 Å². The highest BCUT2D eigenvalue weighted by Gasteiger charge is 2.15. The highest BCUT2D eigenvalue weighted by Crippen LogP contribution is 2.29. The maximum absolute atomic E-state index is 5.65. The van der Waals surface area contributed by atoms with E-state index in [9.17, 15) is 0 Å². The molecule has 0 aliphatic rings. The van der Waals surface area contributed by atoms with E-state index < -0.39 is 0 Å². The van der Waals surface area contributed by atoms with Crippen molar-refractivity contribution in [2.45, 2.75) is 27.7 Å². The lowest BCUT2D eigenvalue weighted by atomic mass is 9.83. The number of hydrogen-bond acceptors (Lipinski definition) is 0. The lowest BCUT2D eigenvalue weighted by molar-refractivity contribution is 0.512. The zero-order valence-corrected chi connectivity index (χ0v) is 9.13. The molecule has 0 saturated heterocycles. The first-order chi connectivity index (χ1) is 5.25. The van der Waals surface area contributed by atoms with E-state index >= 15 is 0 Å². The Morgan fingerprint density at radius 2 is 1.67 bits per heavy atom. The number of rotatable bonds is 2. The second kappa shape index (κ2) is 3.95. The van der Waals surface area contributed by atoms with Gasteiger partial charge in [-0.1, -0.05) is 45.5 Å². The Labute approximate surface area is 80.6 Å². The van der Waals surface area contributed by atoms with Gasteiger partial charge < -0.3 is 0 Å². The average Bonchev–Trinajstić information content (AvgIpc) is 1.82. The Morgan fingerprint density at radius 1 is 1.25 bits per heavy atom. The molecule has 0 atom stereocenters. The minimum atomic E-state index is 0.104. The lowest BCUT2D eigenvalue weighted by Crippen LogP contribution is -2.09. The van der Waals surface area contributed by atoms with Gasteiger partial charge in [0, 0.05) is 5.03 Å². The van der Waals surface area contributed by atoms with Crippen molar-refractivity contribution in [3.8, 4) is 0 Å². The third kappa shape index (κ3) is 3.77. The van der Waals surface area contributed by atoms with Crippen LogP contribution in [0.2, 0.25) is 0 Å². The van der Waals surface area contributed by atoms with Gasteiger partial charge in [-0.05, 0) is 29.6 Å². The van der Waals surface area contributed by atoms with E-state index in [1.807, 2.05) is 13.0 Å². The van der Waals surface area contributed by atoms with Crippen molar-refractivity contribution in [1.29, 1.82) is 0 Å². The van der Waals surface area contributed by atoms with Gasteiger partial charge in [0.05, 0.1) is 0 Å². The maximum Gasteiger partial charge on any atom is 0.0336 e. The summed E-state index contributed by atoms with van der Waals surface area (Å²) >= 11 is 5.65. The van der Waals surface area contributed by atoms with Crippen molar-refractivity contribution in [3.05, 3.63) is 35.4 Å². The summed E-state index contributed by atoms with van der Waals surface area (Å²) in [5, 5.41) is 0.554. The van der Waals surface area contributed by atoms with Crippen LogP contribution in [0.5, 0.6) is 0 Å². The van der Waals surface area contributed by atoms with Gasteiger partial charge in [-0.15, -0.1) is 0 Å². The van der Waals surface area contributed by atoms with E-state index in [4.69, 9.17) is 11.6 Å². The Hall–Kier alpha value is -0.490. The van der Waals surface area contributed by atoms with Gasteiger partial charge in [0.15, 0.2) is 0 Å². The van der Waals surface area contributed by atoms with Crippen LogP contribution in [-0.2, 0) is 0 Å². The highest BCUT2D eigenvalue weighted by atomic mass is 35.5. The predicted octanol–water partition coefficient (Wildman–Crippen LogP) is 4.29. The second-order valence-electron chi connectivity index (χ2n) is 4.00. The summed E-state index contributed by atoms with van der Waals surface area (Å²) in [6, 6.07) is 0. The van der Waals surface area contributed by atoms with Crippen LogP contribution in [0.1, 0.15) is 27.7 Å². The minimum absolute atomic E-state index is 0.104. The van der Waals surface area contributed by atoms with Crippen LogP contribution in [-0.4, -0.2) is 0 Å². The van der Waals surface area contributed by atoms with Crippen LogP contribution in [0.4, 0.5) is 0 Å². The van der Waals surface area contributed by atoms with Crippen LogP contribution in [0.15, 0.2) is 35.4 Å². The molecule has 0 N–H and O–H groups in total. The summed E-state index contributed by atoms with van der Waals surface area (Å²) in [5.41, 5.74) is 2.30. The Balaban J connectivity index is 4.63. The maximum atomic E-state index is 5.65. The molecule has 0 unspecified atom stereocenters. The molecule has 0 aromatic heterocycles. The molecule has 0 amide bonds. The van der Waals surface area contributed by atoms with Crippen LogP contribution in [0, 0.1) is 5.41 Å². The van der Waals surface area contributed by atoms with Crippen molar-refractivity contribution in [3.63, 3.8) is 0 Å². The van der Waals surface area contributed by atoms with Crippen molar-refractivity contribution >= 4 is 11.6 Å². The standard InChI is InChI=1S/C11H17Cl/c1-8(7-9(2)12)10(3)11(4,5)6/h7H,2-3H2,1,4-6H3/b8-7-. The molecule has 0 radical (unpaired) electrons.